The molecule has 0 aromatic heterocycles. The summed E-state index contributed by atoms with van der Waals surface area (Å²) in [6, 6.07) is 6.99. The first-order valence-corrected chi connectivity index (χ1v) is 10.7. The molecular formula is C16H19ClN2O3S2. The number of anilines is 1. The quantitative estimate of drug-likeness (QED) is 0.742. The van der Waals surface area contributed by atoms with Crippen LogP contribution in [0.4, 0.5) is 5.69 Å². The van der Waals surface area contributed by atoms with Crippen molar-refractivity contribution in [3.63, 3.8) is 0 Å². The molecule has 0 aliphatic carbocycles. The van der Waals surface area contributed by atoms with E-state index < -0.39 is 15.3 Å². The van der Waals surface area contributed by atoms with Crippen molar-refractivity contribution in [1.82, 2.24) is 0 Å². The molecule has 2 aliphatic heterocycles. The molecule has 24 heavy (non-hydrogen) atoms. The summed E-state index contributed by atoms with van der Waals surface area (Å²) >= 11 is 7.67. The molecule has 130 valence electrons. The van der Waals surface area contributed by atoms with Crippen molar-refractivity contribution in [2.75, 3.05) is 16.4 Å². The van der Waals surface area contributed by atoms with Gasteiger partial charge in [0.25, 0.3) is 5.91 Å². The fourth-order valence-corrected chi connectivity index (χ4v) is 6.88. The molecule has 1 amide bonds. The molecule has 0 bridgehead atoms. The minimum atomic E-state index is -3.09. The van der Waals surface area contributed by atoms with Crippen LogP contribution in [0.15, 0.2) is 29.3 Å². The van der Waals surface area contributed by atoms with E-state index in [0.717, 1.165) is 0 Å². The van der Waals surface area contributed by atoms with E-state index in [4.69, 9.17) is 11.6 Å². The number of nitrogens with zero attached hydrogens (tertiary/aromatic N) is 2. The maximum Gasteiger partial charge on any atom is 0.253 e. The van der Waals surface area contributed by atoms with Crippen LogP contribution >= 0.6 is 23.4 Å². The lowest BCUT2D eigenvalue weighted by molar-refractivity contribution is -0.124. The highest BCUT2D eigenvalue weighted by Gasteiger charge is 2.50. The first kappa shape index (κ1) is 17.8. The van der Waals surface area contributed by atoms with E-state index >= 15 is 0 Å². The van der Waals surface area contributed by atoms with E-state index in [1.165, 1.54) is 11.8 Å². The summed E-state index contributed by atoms with van der Waals surface area (Å²) < 4.78 is 24.0. The van der Waals surface area contributed by atoms with Crippen molar-refractivity contribution in [3.8, 4) is 0 Å². The highest BCUT2D eigenvalue weighted by molar-refractivity contribution is 8.16. The van der Waals surface area contributed by atoms with Gasteiger partial charge in [0.2, 0.25) is 0 Å². The van der Waals surface area contributed by atoms with Gasteiger partial charge in [-0.15, -0.1) is 0 Å². The number of sulfone groups is 1. The number of hydrogen-bond donors (Lipinski definition) is 0. The zero-order valence-corrected chi connectivity index (χ0v) is 16.1. The SMILES string of the molecule is CC(C)(C)C(=O)N=C1S[C@@H]2CS(=O)(=O)C[C@H]2N1c1ccccc1Cl. The van der Waals surface area contributed by atoms with Crippen molar-refractivity contribution < 1.29 is 13.2 Å². The van der Waals surface area contributed by atoms with Crippen LogP contribution in [0.3, 0.4) is 0 Å². The minimum Gasteiger partial charge on any atom is -0.314 e. The third kappa shape index (κ3) is 3.34. The number of aliphatic imine (C=N–C) groups is 1. The fourth-order valence-electron chi connectivity index (χ4n) is 2.75. The second kappa shape index (κ2) is 6.04. The Labute approximate surface area is 151 Å². The minimum absolute atomic E-state index is 0.0542. The van der Waals surface area contributed by atoms with Crippen molar-refractivity contribution >= 4 is 50.0 Å². The molecule has 2 fully saturated rings. The molecule has 1 aromatic carbocycles. The summed E-state index contributed by atoms with van der Waals surface area (Å²) in [7, 11) is -3.09. The normalized spacial score (nSPS) is 27.5. The molecule has 1 aromatic rings. The van der Waals surface area contributed by atoms with Crippen LogP contribution in [0, 0.1) is 5.41 Å². The van der Waals surface area contributed by atoms with Gasteiger partial charge in [-0.25, -0.2) is 8.42 Å². The van der Waals surface area contributed by atoms with Crippen LogP contribution in [-0.2, 0) is 14.6 Å². The van der Waals surface area contributed by atoms with Gasteiger partial charge < -0.3 is 4.90 Å². The molecular weight excluding hydrogens is 368 g/mol. The number of carbonyl (C=O) groups excluding carboxylic acids is 1. The Morgan fingerprint density at radius 1 is 1.29 bits per heavy atom. The van der Waals surface area contributed by atoms with Gasteiger partial charge in [-0.3, -0.25) is 4.79 Å². The van der Waals surface area contributed by atoms with Crippen molar-refractivity contribution in [3.05, 3.63) is 29.3 Å². The van der Waals surface area contributed by atoms with Gasteiger partial charge in [0.05, 0.1) is 28.3 Å². The zero-order chi connectivity index (χ0) is 17.7. The largest absolute Gasteiger partial charge is 0.314 e. The van der Waals surface area contributed by atoms with Crippen LogP contribution < -0.4 is 4.90 Å². The van der Waals surface area contributed by atoms with Crippen molar-refractivity contribution in [1.29, 1.82) is 0 Å². The predicted molar refractivity (Wildman–Crippen MR) is 99.6 cm³/mol. The van der Waals surface area contributed by atoms with Gasteiger partial charge in [0, 0.05) is 10.7 Å². The van der Waals surface area contributed by atoms with Gasteiger partial charge in [0.15, 0.2) is 15.0 Å². The van der Waals surface area contributed by atoms with Crippen LogP contribution in [0.25, 0.3) is 0 Å². The zero-order valence-electron chi connectivity index (χ0n) is 13.7. The smallest absolute Gasteiger partial charge is 0.253 e. The topological polar surface area (TPSA) is 66.8 Å². The number of fused-ring (bicyclic) bond motifs is 1. The highest BCUT2D eigenvalue weighted by atomic mass is 35.5. The first-order valence-electron chi connectivity index (χ1n) is 7.62. The number of amidine groups is 1. The monoisotopic (exact) mass is 386 g/mol. The van der Waals surface area contributed by atoms with E-state index in [1.54, 1.807) is 6.07 Å². The Morgan fingerprint density at radius 2 is 1.96 bits per heavy atom. The number of benzene rings is 1. The number of halogens is 1. The molecule has 2 aliphatic rings. The molecule has 0 N–H and O–H groups in total. The fraction of sp³-hybridized carbons (Fsp3) is 0.500. The van der Waals surface area contributed by atoms with E-state index in [9.17, 15) is 13.2 Å². The Kier molecular flexibility index (Phi) is 4.47. The van der Waals surface area contributed by atoms with E-state index in [1.807, 2.05) is 43.9 Å². The van der Waals surface area contributed by atoms with Crippen LogP contribution in [0.2, 0.25) is 5.02 Å². The molecule has 0 radical (unpaired) electrons. The second-order valence-corrected chi connectivity index (χ2v) is 10.8. The maximum absolute atomic E-state index is 12.4. The molecule has 3 rings (SSSR count). The lowest BCUT2D eigenvalue weighted by Gasteiger charge is -2.26. The molecule has 2 heterocycles. The Balaban J connectivity index is 2.05. The Morgan fingerprint density at radius 3 is 2.58 bits per heavy atom. The number of para-hydroxylation sites is 1. The molecule has 8 heteroatoms. The molecule has 0 unspecified atom stereocenters. The summed E-state index contributed by atoms with van der Waals surface area (Å²) in [5, 5.41) is 0.921. The lowest BCUT2D eigenvalue weighted by atomic mass is 9.96. The highest BCUT2D eigenvalue weighted by Crippen LogP contribution is 2.43. The van der Waals surface area contributed by atoms with Crippen LogP contribution in [0.5, 0.6) is 0 Å². The third-order valence-corrected chi connectivity index (χ3v) is 7.55. The Hall–Kier alpha value is -1.05. The van der Waals surface area contributed by atoms with E-state index in [2.05, 4.69) is 4.99 Å². The summed E-state index contributed by atoms with van der Waals surface area (Å²) in [5.74, 6) is -0.0742. The average molecular weight is 387 g/mol. The molecule has 5 nitrogen and oxygen atoms in total. The number of hydrogen-bond acceptors (Lipinski definition) is 4. The van der Waals surface area contributed by atoms with Gasteiger partial charge in [0.1, 0.15) is 0 Å². The molecule has 2 atom stereocenters. The number of amides is 1. The summed E-state index contributed by atoms with van der Waals surface area (Å²) in [6.07, 6.45) is 0. The van der Waals surface area contributed by atoms with Crippen LogP contribution in [0.1, 0.15) is 20.8 Å². The predicted octanol–water partition coefficient (Wildman–Crippen LogP) is 2.99. The standard InChI is InChI=1S/C16H19ClN2O3S2/c1-16(2,3)14(20)18-15-19(11-7-5-4-6-10(11)17)12-8-24(21,22)9-13(12)23-15/h4-7,12-13H,8-9H2,1-3H3/t12-,13-/m1/s1. The number of rotatable bonds is 1. The Bertz CT molecular complexity index is 815. The van der Waals surface area contributed by atoms with Gasteiger partial charge >= 0.3 is 0 Å². The molecule has 2 saturated heterocycles. The maximum atomic E-state index is 12.4. The number of thioether (sulfide) groups is 1. The summed E-state index contributed by atoms with van der Waals surface area (Å²) in [4.78, 5) is 18.5. The van der Waals surface area contributed by atoms with Crippen molar-refractivity contribution in [2.24, 2.45) is 10.4 Å². The van der Waals surface area contributed by atoms with Gasteiger partial charge in [-0.1, -0.05) is 56.3 Å². The van der Waals surface area contributed by atoms with Gasteiger partial charge in [-0.2, -0.15) is 4.99 Å². The third-order valence-electron chi connectivity index (χ3n) is 4.02. The average Bonchev–Trinajstić information content (AvgIpc) is 2.90. The van der Waals surface area contributed by atoms with Gasteiger partial charge in [-0.05, 0) is 12.1 Å². The summed E-state index contributed by atoms with van der Waals surface area (Å²) in [5.41, 5.74) is 0.0977. The number of carbonyl (C=O) groups is 1. The lowest BCUT2D eigenvalue weighted by Crippen LogP contribution is -2.38. The van der Waals surface area contributed by atoms with E-state index in [0.29, 0.717) is 15.9 Å². The summed E-state index contributed by atoms with van der Waals surface area (Å²) in [6.45, 7) is 5.43. The molecule has 0 spiro atoms. The van der Waals surface area contributed by atoms with Crippen molar-refractivity contribution in [2.45, 2.75) is 32.1 Å². The second-order valence-electron chi connectivity index (χ2n) is 7.07. The van der Waals surface area contributed by atoms with E-state index in [-0.39, 0.29) is 28.7 Å². The van der Waals surface area contributed by atoms with Crippen LogP contribution in [-0.4, -0.2) is 42.3 Å². The first-order chi connectivity index (χ1) is 11.1. The molecule has 0 saturated carbocycles.